The van der Waals surface area contributed by atoms with E-state index in [2.05, 4.69) is 9.88 Å². The normalized spacial score (nSPS) is 14.9. The number of piperazine rings is 1. The van der Waals surface area contributed by atoms with Crippen LogP contribution in [0.15, 0.2) is 78.0 Å². The predicted molar refractivity (Wildman–Crippen MR) is 131 cm³/mol. The molecule has 174 valence electrons. The van der Waals surface area contributed by atoms with Gasteiger partial charge in [-0.05, 0) is 55.5 Å². The summed E-state index contributed by atoms with van der Waals surface area (Å²) in [5, 5.41) is 0.947. The minimum atomic E-state index is -3.58. The molecule has 4 aromatic rings. The van der Waals surface area contributed by atoms with Crippen LogP contribution in [0.25, 0.3) is 22.3 Å². The Labute approximate surface area is 198 Å². The zero-order chi connectivity index (χ0) is 23.5. The standard InChI is InChI=1S/C25H25N5O3S/c1-2-33-20-7-9-21(10-8-20)34(31,32)30-17-15-29(16-18-30)25-22-5-3-4-6-23(22)27-24(28-25)19-11-13-26-14-12-19/h3-14H,2,15-18H2,1H3. The predicted octanol–water partition coefficient (Wildman–Crippen LogP) is 3.60. The fourth-order valence-electron chi connectivity index (χ4n) is 4.09. The van der Waals surface area contributed by atoms with Crippen LogP contribution >= 0.6 is 0 Å². The third-order valence-corrected chi connectivity index (χ3v) is 7.75. The van der Waals surface area contributed by atoms with Crippen molar-refractivity contribution in [1.29, 1.82) is 0 Å². The summed E-state index contributed by atoms with van der Waals surface area (Å²) in [5.41, 5.74) is 1.74. The molecule has 34 heavy (non-hydrogen) atoms. The van der Waals surface area contributed by atoms with E-state index in [0.717, 1.165) is 22.3 Å². The summed E-state index contributed by atoms with van der Waals surface area (Å²) in [7, 11) is -3.58. The van der Waals surface area contributed by atoms with Crippen molar-refractivity contribution >= 4 is 26.7 Å². The third-order valence-electron chi connectivity index (χ3n) is 5.83. The Morgan fingerprint density at radius 2 is 1.59 bits per heavy atom. The van der Waals surface area contributed by atoms with Crippen molar-refractivity contribution < 1.29 is 13.2 Å². The van der Waals surface area contributed by atoms with Crippen LogP contribution < -0.4 is 9.64 Å². The quantitative estimate of drug-likeness (QED) is 0.421. The zero-order valence-corrected chi connectivity index (χ0v) is 19.6. The first-order valence-electron chi connectivity index (χ1n) is 11.2. The Hall–Kier alpha value is -3.56. The van der Waals surface area contributed by atoms with Crippen LogP contribution in [0, 0.1) is 0 Å². The molecule has 3 heterocycles. The highest BCUT2D eigenvalue weighted by atomic mass is 32.2. The highest BCUT2D eigenvalue weighted by Crippen LogP contribution is 2.29. The average molecular weight is 476 g/mol. The van der Waals surface area contributed by atoms with Gasteiger partial charge in [0.1, 0.15) is 11.6 Å². The number of pyridine rings is 1. The van der Waals surface area contributed by atoms with Crippen molar-refractivity contribution in [3.8, 4) is 17.1 Å². The molecule has 0 amide bonds. The molecule has 0 N–H and O–H groups in total. The molecule has 8 nitrogen and oxygen atoms in total. The molecule has 0 bridgehead atoms. The number of hydrogen-bond acceptors (Lipinski definition) is 7. The lowest BCUT2D eigenvalue weighted by molar-refractivity contribution is 0.340. The maximum Gasteiger partial charge on any atom is 0.243 e. The first-order valence-corrected chi connectivity index (χ1v) is 12.7. The minimum Gasteiger partial charge on any atom is -0.494 e. The van der Waals surface area contributed by atoms with Gasteiger partial charge in [-0.3, -0.25) is 4.98 Å². The number of hydrogen-bond donors (Lipinski definition) is 0. The average Bonchev–Trinajstić information content (AvgIpc) is 2.89. The molecule has 0 atom stereocenters. The van der Waals surface area contributed by atoms with Gasteiger partial charge in [0.05, 0.1) is 17.0 Å². The van der Waals surface area contributed by atoms with Crippen LogP contribution in [0.2, 0.25) is 0 Å². The molecule has 5 rings (SSSR count). The molecule has 0 radical (unpaired) electrons. The first kappa shape index (κ1) is 22.2. The third kappa shape index (κ3) is 4.32. The molecule has 0 saturated carbocycles. The largest absolute Gasteiger partial charge is 0.494 e. The van der Waals surface area contributed by atoms with Crippen LogP contribution in [-0.4, -0.2) is 60.5 Å². The van der Waals surface area contributed by atoms with Gasteiger partial charge in [-0.2, -0.15) is 4.31 Å². The van der Waals surface area contributed by atoms with E-state index in [1.165, 1.54) is 4.31 Å². The molecule has 0 aliphatic carbocycles. The smallest absolute Gasteiger partial charge is 0.243 e. The maximum atomic E-state index is 13.2. The Balaban J connectivity index is 1.40. The molecule has 0 spiro atoms. The van der Waals surface area contributed by atoms with Gasteiger partial charge in [-0.25, -0.2) is 18.4 Å². The van der Waals surface area contributed by atoms with Crippen molar-refractivity contribution in [1.82, 2.24) is 19.3 Å². The molecule has 1 saturated heterocycles. The second-order valence-corrected chi connectivity index (χ2v) is 9.86. The van der Waals surface area contributed by atoms with Crippen molar-refractivity contribution in [2.75, 3.05) is 37.7 Å². The molecule has 0 unspecified atom stereocenters. The number of rotatable bonds is 6. The lowest BCUT2D eigenvalue weighted by Gasteiger charge is -2.35. The van der Waals surface area contributed by atoms with Gasteiger partial charge >= 0.3 is 0 Å². The molecule has 9 heteroatoms. The number of ether oxygens (including phenoxy) is 1. The van der Waals surface area contributed by atoms with Crippen molar-refractivity contribution in [3.05, 3.63) is 73.1 Å². The summed E-state index contributed by atoms with van der Waals surface area (Å²) in [6.45, 7) is 4.25. The van der Waals surface area contributed by atoms with E-state index in [1.54, 1.807) is 36.7 Å². The van der Waals surface area contributed by atoms with E-state index < -0.39 is 10.0 Å². The topological polar surface area (TPSA) is 88.5 Å². The van der Waals surface area contributed by atoms with E-state index in [-0.39, 0.29) is 4.90 Å². The van der Waals surface area contributed by atoms with Gasteiger partial charge in [0.15, 0.2) is 5.82 Å². The summed E-state index contributed by atoms with van der Waals surface area (Å²) >= 11 is 0. The summed E-state index contributed by atoms with van der Waals surface area (Å²) in [4.78, 5) is 16.1. The molecule has 1 aliphatic heterocycles. The lowest BCUT2D eigenvalue weighted by Crippen LogP contribution is -2.49. The lowest BCUT2D eigenvalue weighted by atomic mass is 10.2. The number of nitrogens with zero attached hydrogens (tertiary/aromatic N) is 5. The molecule has 1 fully saturated rings. The second kappa shape index (κ2) is 9.36. The van der Waals surface area contributed by atoms with E-state index >= 15 is 0 Å². The van der Waals surface area contributed by atoms with Gasteiger partial charge in [0.25, 0.3) is 0 Å². The highest BCUT2D eigenvalue weighted by Gasteiger charge is 2.29. The van der Waals surface area contributed by atoms with Crippen molar-refractivity contribution in [2.24, 2.45) is 0 Å². The SMILES string of the molecule is CCOc1ccc(S(=O)(=O)N2CCN(c3nc(-c4ccncc4)nc4ccccc34)CC2)cc1. The Morgan fingerprint density at radius 1 is 0.882 bits per heavy atom. The highest BCUT2D eigenvalue weighted by molar-refractivity contribution is 7.89. The minimum absolute atomic E-state index is 0.275. The van der Waals surface area contributed by atoms with Gasteiger partial charge in [0.2, 0.25) is 10.0 Å². The van der Waals surface area contributed by atoms with E-state index in [9.17, 15) is 8.42 Å². The fraction of sp³-hybridized carbons (Fsp3) is 0.240. The van der Waals surface area contributed by atoms with Gasteiger partial charge in [-0.1, -0.05) is 12.1 Å². The molecular weight excluding hydrogens is 450 g/mol. The van der Waals surface area contributed by atoms with E-state index in [1.807, 2.05) is 43.3 Å². The van der Waals surface area contributed by atoms with Crippen molar-refractivity contribution in [2.45, 2.75) is 11.8 Å². The maximum absolute atomic E-state index is 13.2. The monoisotopic (exact) mass is 475 g/mol. The number of sulfonamides is 1. The van der Waals surface area contributed by atoms with Crippen LogP contribution in [-0.2, 0) is 10.0 Å². The molecule has 1 aliphatic rings. The first-order chi connectivity index (χ1) is 16.6. The number of aromatic nitrogens is 3. The molecule has 2 aromatic heterocycles. The number of fused-ring (bicyclic) bond motifs is 1. The van der Waals surface area contributed by atoms with Gasteiger partial charge in [0, 0.05) is 49.5 Å². The zero-order valence-electron chi connectivity index (χ0n) is 18.8. The van der Waals surface area contributed by atoms with Crippen molar-refractivity contribution in [3.63, 3.8) is 0 Å². The van der Waals surface area contributed by atoms with Crippen LogP contribution in [0.4, 0.5) is 5.82 Å². The number of anilines is 1. The summed E-state index contributed by atoms with van der Waals surface area (Å²) in [6, 6.07) is 18.3. The van der Waals surface area contributed by atoms with E-state index in [4.69, 9.17) is 14.7 Å². The number of benzene rings is 2. The number of para-hydroxylation sites is 1. The molecule has 2 aromatic carbocycles. The fourth-order valence-corrected chi connectivity index (χ4v) is 5.52. The molecular formula is C25H25N5O3S. The van der Waals surface area contributed by atoms with Gasteiger partial charge < -0.3 is 9.64 Å². The Kier molecular flexibility index (Phi) is 6.12. The van der Waals surface area contributed by atoms with Crippen LogP contribution in [0.5, 0.6) is 5.75 Å². The second-order valence-electron chi connectivity index (χ2n) is 7.92. The summed E-state index contributed by atoms with van der Waals surface area (Å²) < 4.78 is 33.3. The summed E-state index contributed by atoms with van der Waals surface area (Å²) in [6.07, 6.45) is 3.44. The van der Waals surface area contributed by atoms with Crippen LogP contribution in [0.3, 0.4) is 0 Å². The van der Waals surface area contributed by atoms with E-state index in [0.29, 0.717) is 44.4 Å². The Morgan fingerprint density at radius 3 is 2.29 bits per heavy atom. The summed E-state index contributed by atoms with van der Waals surface area (Å²) in [5.74, 6) is 2.10. The van der Waals surface area contributed by atoms with Gasteiger partial charge in [-0.15, -0.1) is 0 Å². The Bertz CT molecular complexity index is 1390. The van der Waals surface area contributed by atoms with Crippen LogP contribution in [0.1, 0.15) is 6.92 Å².